The van der Waals surface area contributed by atoms with Gasteiger partial charge < -0.3 is 25.0 Å². The quantitative estimate of drug-likeness (QED) is 0.558. The lowest BCUT2D eigenvalue weighted by atomic mass is 9.94. The van der Waals surface area contributed by atoms with Crippen LogP contribution in [0.3, 0.4) is 0 Å². The van der Waals surface area contributed by atoms with Crippen molar-refractivity contribution in [2.75, 3.05) is 13.7 Å². The Kier molecular flexibility index (Phi) is 9.84. The van der Waals surface area contributed by atoms with Crippen molar-refractivity contribution in [3.8, 4) is 0 Å². The average molecular weight is 476 g/mol. The third-order valence-electron chi connectivity index (χ3n) is 4.67. The van der Waals surface area contributed by atoms with Gasteiger partial charge in [0.1, 0.15) is 24.2 Å². The maximum atomic E-state index is 13.6. The Morgan fingerprint density at radius 1 is 1.12 bits per heavy atom. The summed E-state index contributed by atoms with van der Waals surface area (Å²) in [7, 11) is 1.22. The van der Waals surface area contributed by atoms with Crippen LogP contribution in [0.5, 0.6) is 0 Å². The molecule has 34 heavy (non-hydrogen) atoms. The summed E-state index contributed by atoms with van der Waals surface area (Å²) in [4.78, 5) is 52.2. The second-order valence-corrected chi connectivity index (χ2v) is 9.82. The normalized spacial score (nSPS) is 13.2. The maximum absolute atomic E-state index is 13.6. The predicted octanol–water partition coefficient (Wildman–Crippen LogP) is 3.20. The molecular formula is C25H37N3O6. The van der Waals surface area contributed by atoms with Crippen molar-refractivity contribution in [3.63, 3.8) is 0 Å². The molecule has 3 amide bonds. The largest absolute Gasteiger partial charge is 0.468 e. The molecular weight excluding hydrogens is 438 g/mol. The van der Waals surface area contributed by atoms with Gasteiger partial charge in [0.15, 0.2) is 0 Å². The van der Waals surface area contributed by atoms with E-state index in [0.29, 0.717) is 5.56 Å². The molecule has 2 N–H and O–H groups in total. The number of amides is 3. The van der Waals surface area contributed by atoms with Gasteiger partial charge in [-0.15, -0.1) is 0 Å². The van der Waals surface area contributed by atoms with E-state index in [9.17, 15) is 19.2 Å². The smallest absolute Gasteiger partial charge is 0.408 e. The van der Waals surface area contributed by atoms with E-state index in [-0.39, 0.29) is 6.54 Å². The predicted molar refractivity (Wildman–Crippen MR) is 130 cm³/mol. The molecule has 1 rings (SSSR count). The fourth-order valence-electron chi connectivity index (χ4n) is 3.20. The SMILES string of the molecule is C=Cc1cccc(C(C(=O)NCC(=O)OC)N(C(=O)C(C)NC(=O)OC(C)(C)C)C(C)(C)C)c1. The van der Waals surface area contributed by atoms with Crippen LogP contribution in [0.15, 0.2) is 30.8 Å². The summed E-state index contributed by atoms with van der Waals surface area (Å²) in [5.41, 5.74) is -0.298. The maximum Gasteiger partial charge on any atom is 0.408 e. The molecule has 0 aromatic heterocycles. The zero-order chi connectivity index (χ0) is 26.3. The molecule has 0 aliphatic rings. The van der Waals surface area contributed by atoms with Crippen molar-refractivity contribution in [1.82, 2.24) is 15.5 Å². The Hall–Kier alpha value is -3.36. The van der Waals surface area contributed by atoms with Gasteiger partial charge >= 0.3 is 12.1 Å². The molecule has 0 aliphatic heterocycles. The second kappa shape index (κ2) is 11.7. The molecule has 188 valence electrons. The molecule has 2 atom stereocenters. The summed E-state index contributed by atoms with van der Waals surface area (Å²) in [6, 6.07) is 4.93. The van der Waals surface area contributed by atoms with Crippen molar-refractivity contribution in [2.45, 2.75) is 71.7 Å². The molecule has 0 fully saturated rings. The van der Waals surface area contributed by atoms with Gasteiger partial charge in [-0.25, -0.2) is 4.79 Å². The number of hydrogen-bond donors (Lipinski definition) is 2. The Bertz CT molecular complexity index is 914. The zero-order valence-electron chi connectivity index (χ0n) is 21.4. The van der Waals surface area contributed by atoms with Gasteiger partial charge in [-0.3, -0.25) is 14.4 Å². The Morgan fingerprint density at radius 2 is 1.74 bits per heavy atom. The zero-order valence-corrected chi connectivity index (χ0v) is 21.4. The number of hydrogen-bond acceptors (Lipinski definition) is 6. The number of carbonyl (C=O) groups excluding carboxylic acids is 4. The van der Waals surface area contributed by atoms with E-state index in [0.717, 1.165) is 5.56 Å². The standard InChI is InChI=1S/C25H37N3O6/c1-10-17-12-11-13-18(14-17)20(21(30)26-15-19(29)33-9)28(24(3,4)5)22(31)16(2)27-23(32)34-25(6,7)8/h10-14,16,20H,1,15H2,2-9H3,(H,26,30)(H,27,32). The molecule has 0 radical (unpaired) electrons. The fourth-order valence-corrected chi connectivity index (χ4v) is 3.20. The first-order valence-corrected chi connectivity index (χ1v) is 11.0. The molecule has 0 bridgehead atoms. The van der Waals surface area contributed by atoms with E-state index in [2.05, 4.69) is 21.9 Å². The van der Waals surface area contributed by atoms with E-state index in [1.54, 1.807) is 65.8 Å². The number of methoxy groups -OCH3 is 1. The summed E-state index contributed by atoms with van der Waals surface area (Å²) in [5, 5.41) is 5.08. The summed E-state index contributed by atoms with van der Waals surface area (Å²) >= 11 is 0. The highest BCUT2D eigenvalue weighted by atomic mass is 16.6. The first-order valence-electron chi connectivity index (χ1n) is 11.0. The van der Waals surface area contributed by atoms with E-state index in [1.165, 1.54) is 18.9 Å². The highest BCUT2D eigenvalue weighted by Crippen LogP contribution is 2.30. The second-order valence-electron chi connectivity index (χ2n) is 9.82. The summed E-state index contributed by atoms with van der Waals surface area (Å²) in [6.45, 7) is 15.4. The van der Waals surface area contributed by atoms with Crippen molar-refractivity contribution in [1.29, 1.82) is 0 Å². The van der Waals surface area contributed by atoms with Gasteiger partial charge in [0.05, 0.1) is 7.11 Å². The first-order chi connectivity index (χ1) is 15.6. The minimum absolute atomic E-state index is 0.356. The Balaban J connectivity index is 3.43. The third-order valence-corrected chi connectivity index (χ3v) is 4.67. The van der Waals surface area contributed by atoms with Crippen molar-refractivity contribution >= 4 is 30.0 Å². The van der Waals surface area contributed by atoms with Crippen LogP contribution in [0.4, 0.5) is 4.79 Å². The van der Waals surface area contributed by atoms with Crippen LogP contribution in [0.2, 0.25) is 0 Å². The van der Waals surface area contributed by atoms with E-state index in [1.807, 2.05) is 6.07 Å². The topological polar surface area (TPSA) is 114 Å². The minimum atomic E-state index is -1.10. The molecule has 9 heteroatoms. The van der Waals surface area contributed by atoms with Crippen LogP contribution in [0.25, 0.3) is 6.08 Å². The van der Waals surface area contributed by atoms with Crippen molar-refractivity contribution in [3.05, 3.63) is 42.0 Å². The molecule has 0 heterocycles. The monoisotopic (exact) mass is 475 g/mol. The molecule has 9 nitrogen and oxygen atoms in total. The first kappa shape index (κ1) is 28.7. The van der Waals surface area contributed by atoms with Crippen LogP contribution in [-0.4, -0.2) is 59.6 Å². The summed E-state index contributed by atoms with van der Waals surface area (Å²) in [5.74, 6) is -1.69. The number of benzene rings is 1. The lowest BCUT2D eigenvalue weighted by Gasteiger charge is -2.42. The van der Waals surface area contributed by atoms with Crippen LogP contribution < -0.4 is 10.6 Å². The average Bonchev–Trinajstić information content (AvgIpc) is 2.72. The van der Waals surface area contributed by atoms with Crippen LogP contribution in [0.1, 0.15) is 65.6 Å². The molecule has 1 aromatic carbocycles. The molecule has 0 spiro atoms. The van der Waals surface area contributed by atoms with Crippen LogP contribution in [-0.2, 0) is 23.9 Å². The minimum Gasteiger partial charge on any atom is -0.468 e. The highest BCUT2D eigenvalue weighted by molar-refractivity contribution is 5.93. The molecule has 2 unspecified atom stereocenters. The number of rotatable bonds is 8. The lowest BCUT2D eigenvalue weighted by Crippen LogP contribution is -2.58. The number of alkyl carbamates (subject to hydrolysis) is 1. The summed E-state index contributed by atoms with van der Waals surface area (Å²) in [6.07, 6.45) is 0.880. The van der Waals surface area contributed by atoms with E-state index >= 15 is 0 Å². The van der Waals surface area contributed by atoms with Crippen LogP contribution in [0, 0.1) is 0 Å². The number of esters is 1. The lowest BCUT2D eigenvalue weighted by molar-refractivity contribution is -0.149. The van der Waals surface area contributed by atoms with Gasteiger partial charge in [-0.2, -0.15) is 0 Å². The Labute approximate surface area is 201 Å². The van der Waals surface area contributed by atoms with E-state index in [4.69, 9.17) is 4.74 Å². The van der Waals surface area contributed by atoms with E-state index < -0.39 is 47.1 Å². The molecule has 1 aromatic rings. The highest BCUT2D eigenvalue weighted by Gasteiger charge is 2.40. The van der Waals surface area contributed by atoms with Crippen molar-refractivity contribution in [2.24, 2.45) is 0 Å². The van der Waals surface area contributed by atoms with Gasteiger partial charge in [-0.05, 0) is 65.7 Å². The van der Waals surface area contributed by atoms with Gasteiger partial charge in [0, 0.05) is 5.54 Å². The molecule has 0 aliphatic carbocycles. The third kappa shape index (κ3) is 8.53. The number of nitrogens with one attached hydrogen (secondary N) is 2. The van der Waals surface area contributed by atoms with Crippen LogP contribution >= 0.6 is 0 Å². The van der Waals surface area contributed by atoms with Gasteiger partial charge in [-0.1, -0.05) is 30.9 Å². The van der Waals surface area contributed by atoms with Gasteiger partial charge in [0.2, 0.25) is 11.8 Å². The summed E-state index contributed by atoms with van der Waals surface area (Å²) < 4.78 is 9.87. The molecule has 0 saturated heterocycles. The molecule has 0 saturated carbocycles. The van der Waals surface area contributed by atoms with Crippen molar-refractivity contribution < 1.29 is 28.7 Å². The number of ether oxygens (including phenoxy) is 2. The number of carbonyl (C=O) groups is 4. The number of nitrogens with zero attached hydrogens (tertiary/aromatic N) is 1. The van der Waals surface area contributed by atoms with Gasteiger partial charge in [0.25, 0.3) is 0 Å². The fraction of sp³-hybridized carbons (Fsp3) is 0.520. The Morgan fingerprint density at radius 3 is 2.24 bits per heavy atom.